The summed E-state index contributed by atoms with van der Waals surface area (Å²) in [7, 11) is 0. The Morgan fingerprint density at radius 3 is 3.20 bits per heavy atom. The van der Waals surface area contributed by atoms with Gasteiger partial charge in [-0.2, -0.15) is 0 Å². The lowest BCUT2D eigenvalue weighted by molar-refractivity contribution is -0.0446. The minimum absolute atomic E-state index is 0.474. The Bertz CT molecular complexity index is 178. The molecule has 2 heterocycles. The first-order valence-electron chi connectivity index (χ1n) is 6.46. The maximum Gasteiger partial charge on any atom is 0.0700 e. The topological polar surface area (TPSA) is 24.5 Å². The van der Waals surface area contributed by atoms with Crippen molar-refractivity contribution in [1.82, 2.24) is 10.2 Å². The number of morpholine rings is 1. The Balaban J connectivity index is 1.84. The molecule has 2 saturated heterocycles. The van der Waals surface area contributed by atoms with Crippen LogP contribution in [0.3, 0.4) is 0 Å². The molecule has 88 valence electrons. The maximum atomic E-state index is 5.72. The molecule has 2 unspecified atom stereocenters. The molecule has 2 aliphatic heterocycles. The largest absolute Gasteiger partial charge is 0.376 e. The van der Waals surface area contributed by atoms with Gasteiger partial charge in [-0.25, -0.2) is 0 Å². The molecule has 0 spiro atoms. The van der Waals surface area contributed by atoms with Crippen LogP contribution in [0.1, 0.15) is 32.6 Å². The summed E-state index contributed by atoms with van der Waals surface area (Å²) in [6.45, 7) is 7.80. The molecule has 2 aliphatic rings. The van der Waals surface area contributed by atoms with Crippen molar-refractivity contribution >= 4 is 0 Å². The maximum absolute atomic E-state index is 5.72. The molecule has 3 heteroatoms. The normalized spacial score (nSPS) is 35.0. The lowest BCUT2D eigenvalue weighted by atomic mass is 10.1. The monoisotopic (exact) mass is 212 g/mol. The van der Waals surface area contributed by atoms with Gasteiger partial charge in [-0.3, -0.25) is 4.90 Å². The number of hydrogen-bond donors (Lipinski definition) is 1. The van der Waals surface area contributed by atoms with Crippen LogP contribution in [0.4, 0.5) is 0 Å². The Labute approximate surface area is 93.2 Å². The summed E-state index contributed by atoms with van der Waals surface area (Å²) >= 11 is 0. The van der Waals surface area contributed by atoms with Crippen molar-refractivity contribution in [2.45, 2.75) is 44.8 Å². The Morgan fingerprint density at radius 2 is 2.33 bits per heavy atom. The smallest absolute Gasteiger partial charge is 0.0700 e. The zero-order valence-electron chi connectivity index (χ0n) is 9.87. The van der Waals surface area contributed by atoms with E-state index in [1.807, 2.05) is 0 Å². The molecule has 0 radical (unpaired) electrons. The molecule has 3 nitrogen and oxygen atoms in total. The molecule has 0 saturated carbocycles. The molecule has 2 atom stereocenters. The van der Waals surface area contributed by atoms with Gasteiger partial charge < -0.3 is 10.1 Å². The fraction of sp³-hybridized carbons (Fsp3) is 1.00. The highest BCUT2D eigenvalue weighted by molar-refractivity contribution is 4.81. The summed E-state index contributed by atoms with van der Waals surface area (Å²) in [6.07, 6.45) is 5.71. The number of nitrogens with one attached hydrogen (secondary N) is 1. The van der Waals surface area contributed by atoms with Gasteiger partial charge in [0.15, 0.2) is 0 Å². The molecule has 0 aromatic carbocycles. The lowest BCUT2D eigenvalue weighted by Crippen LogP contribution is -2.50. The van der Waals surface area contributed by atoms with Crippen molar-refractivity contribution in [3.8, 4) is 0 Å². The van der Waals surface area contributed by atoms with E-state index in [2.05, 4.69) is 17.1 Å². The van der Waals surface area contributed by atoms with Crippen LogP contribution in [0.5, 0.6) is 0 Å². The average Bonchev–Trinajstić information content (AvgIpc) is 2.58. The van der Waals surface area contributed by atoms with E-state index in [0.717, 1.165) is 32.2 Å². The molecule has 2 rings (SSSR count). The third-order valence-electron chi connectivity index (χ3n) is 3.66. The van der Waals surface area contributed by atoms with E-state index in [0.29, 0.717) is 6.10 Å². The zero-order valence-corrected chi connectivity index (χ0v) is 9.87. The highest BCUT2D eigenvalue weighted by atomic mass is 16.5. The third-order valence-corrected chi connectivity index (χ3v) is 3.66. The first-order valence-corrected chi connectivity index (χ1v) is 6.46. The predicted molar refractivity (Wildman–Crippen MR) is 62.1 cm³/mol. The van der Waals surface area contributed by atoms with Crippen LogP contribution in [0.25, 0.3) is 0 Å². The van der Waals surface area contributed by atoms with Gasteiger partial charge in [0, 0.05) is 25.7 Å². The van der Waals surface area contributed by atoms with Crippen molar-refractivity contribution in [2.75, 3.05) is 32.8 Å². The van der Waals surface area contributed by atoms with Crippen LogP contribution in [0.15, 0.2) is 0 Å². The molecule has 0 aliphatic carbocycles. The number of ether oxygens (including phenoxy) is 1. The summed E-state index contributed by atoms with van der Waals surface area (Å²) in [4.78, 5) is 2.63. The van der Waals surface area contributed by atoms with Crippen molar-refractivity contribution < 1.29 is 4.74 Å². The molecule has 15 heavy (non-hydrogen) atoms. The first kappa shape index (κ1) is 11.4. The van der Waals surface area contributed by atoms with E-state index in [1.165, 1.54) is 32.4 Å². The first-order chi connectivity index (χ1) is 7.40. The molecule has 0 amide bonds. The van der Waals surface area contributed by atoms with Gasteiger partial charge in [0.2, 0.25) is 0 Å². The standard InChI is InChI=1S/C12H24N2O/c1-2-12-10-14(7-8-15-12)11-5-3-4-6-13-9-11/h11-13H,2-10H2,1H3. The van der Waals surface area contributed by atoms with Gasteiger partial charge in [-0.05, 0) is 25.8 Å². The summed E-state index contributed by atoms with van der Waals surface area (Å²) in [5, 5.41) is 3.54. The fourth-order valence-electron chi connectivity index (χ4n) is 2.63. The Morgan fingerprint density at radius 1 is 1.40 bits per heavy atom. The fourth-order valence-corrected chi connectivity index (χ4v) is 2.63. The third kappa shape index (κ3) is 3.16. The van der Waals surface area contributed by atoms with Crippen LogP contribution in [0.2, 0.25) is 0 Å². The van der Waals surface area contributed by atoms with Crippen LogP contribution in [-0.2, 0) is 4.74 Å². The van der Waals surface area contributed by atoms with Crippen molar-refractivity contribution in [3.05, 3.63) is 0 Å². The SMILES string of the molecule is CCC1CN(C2CCCCNC2)CCO1. The van der Waals surface area contributed by atoms with Gasteiger partial charge in [0.05, 0.1) is 12.7 Å². The second-order valence-corrected chi connectivity index (χ2v) is 4.75. The molecule has 0 bridgehead atoms. The van der Waals surface area contributed by atoms with Crippen LogP contribution in [-0.4, -0.2) is 49.8 Å². The molecule has 2 fully saturated rings. The molecule has 0 aromatic heterocycles. The van der Waals surface area contributed by atoms with Crippen LogP contribution < -0.4 is 5.32 Å². The molecule has 1 N–H and O–H groups in total. The molecule has 0 aromatic rings. The van der Waals surface area contributed by atoms with Crippen molar-refractivity contribution in [1.29, 1.82) is 0 Å². The van der Waals surface area contributed by atoms with Gasteiger partial charge in [-0.1, -0.05) is 13.3 Å². The average molecular weight is 212 g/mol. The zero-order chi connectivity index (χ0) is 10.5. The second-order valence-electron chi connectivity index (χ2n) is 4.75. The van der Waals surface area contributed by atoms with Gasteiger partial charge >= 0.3 is 0 Å². The van der Waals surface area contributed by atoms with E-state index in [9.17, 15) is 0 Å². The van der Waals surface area contributed by atoms with Crippen molar-refractivity contribution in [3.63, 3.8) is 0 Å². The minimum atomic E-state index is 0.474. The summed E-state index contributed by atoms with van der Waals surface area (Å²) in [6, 6.07) is 0.755. The number of nitrogens with zero attached hydrogens (tertiary/aromatic N) is 1. The van der Waals surface area contributed by atoms with E-state index >= 15 is 0 Å². The van der Waals surface area contributed by atoms with Crippen molar-refractivity contribution in [2.24, 2.45) is 0 Å². The Kier molecular flexibility index (Phi) is 4.42. The Hall–Kier alpha value is -0.120. The van der Waals surface area contributed by atoms with Gasteiger partial charge in [0.1, 0.15) is 0 Å². The quantitative estimate of drug-likeness (QED) is 0.745. The second kappa shape index (κ2) is 5.83. The van der Waals surface area contributed by atoms with E-state index in [4.69, 9.17) is 4.74 Å². The van der Waals surface area contributed by atoms with Gasteiger partial charge in [0.25, 0.3) is 0 Å². The highest BCUT2D eigenvalue weighted by Gasteiger charge is 2.25. The predicted octanol–water partition coefficient (Wildman–Crippen LogP) is 1.24. The molecular formula is C12H24N2O. The highest BCUT2D eigenvalue weighted by Crippen LogP contribution is 2.16. The minimum Gasteiger partial charge on any atom is -0.376 e. The summed E-state index contributed by atoms with van der Waals surface area (Å²) in [5.41, 5.74) is 0. The molecular weight excluding hydrogens is 188 g/mol. The summed E-state index contributed by atoms with van der Waals surface area (Å²) in [5.74, 6) is 0. The van der Waals surface area contributed by atoms with Gasteiger partial charge in [-0.15, -0.1) is 0 Å². The van der Waals surface area contributed by atoms with Crippen LogP contribution >= 0.6 is 0 Å². The number of rotatable bonds is 2. The van der Waals surface area contributed by atoms with E-state index < -0.39 is 0 Å². The van der Waals surface area contributed by atoms with Crippen LogP contribution in [0, 0.1) is 0 Å². The lowest BCUT2D eigenvalue weighted by Gasteiger charge is -2.37. The van der Waals surface area contributed by atoms with E-state index in [-0.39, 0.29) is 0 Å². The summed E-state index contributed by atoms with van der Waals surface area (Å²) < 4.78 is 5.72. The van der Waals surface area contributed by atoms with E-state index in [1.54, 1.807) is 0 Å². The number of hydrogen-bond acceptors (Lipinski definition) is 3.